The van der Waals surface area contributed by atoms with E-state index < -0.39 is 23.2 Å². The van der Waals surface area contributed by atoms with Gasteiger partial charge in [-0.05, 0) is 6.07 Å². The highest BCUT2D eigenvalue weighted by atomic mass is 19.4. The first-order valence-corrected chi connectivity index (χ1v) is 4.63. The van der Waals surface area contributed by atoms with Crippen molar-refractivity contribution < 1.29 is 18.0 Å². The molecule has 1 N–H and O–H groups in total. The van der Waals surface area contributed by atoms with Gasteiger partial charge in [0.05, 0.1) is 23.6 Å². The number of halogens is 3. The Balaban J connectivity index is 2.91. The molecule has 1 amide bonds. The Labute approximate surface area is 95.1 Å². The van der Waals surface area contributed by atoms with Crippen LogP contribution in [0.15, 0.2) is 18.5 Å². The first kappa shape index (κ1) is 13.0. The van der Waals surface area contributed by atoms with Crippen LogP contribution < -0.4 is 5.32 Å². The molecule has 17 heavy (non-hydrogen) atoms. The van der Waals surface area contributed by atoms with Crippen molar-refractivity contribution in [3.8, 4) is 6.07 Å². The molecular weight excluding hydrogens is 235 g/mol. The first-order valence-electron chi connectivity index (χ1n) is 4.63. The molecule has 0 fully saturated rings. The highest BCUT2D eigenvalue weighted by Crippen LogP contribution is 2.31. The lowest BCUT2D eigenvalue weighted by atomic mass is 10.1. The van der Waals surface area contributed by atoms with E-state index >= 15 is 0 Å². The third kappa shape index (κ3) is 3.45. The minimum Gasteiger partial charge on any atom is -0.351 e. The summed E-state index contributed by atoms with van der Waals surface area (Å²) in [6, 6.07) is 2.50. The molecule has 1 aromatic rings. The van der Waals surface area contributed by atoms with E-state index in [0.29, 0.717) is 0 Å². The van der Waals surface area contributed by atoms with E-state index in [-0.39, 0.29) is 13.0 Å². The van der Waals surface area contributed by atoms with Crippen molar-refractivity contribution in [3.63, 3.8) is 0 Å². The normalized spacial score (nSPS) is 10.7. The molecule has 0 atom stereocenters. The summed E-state index contributed by atoms with van der Waals surface area (Å²) in [5.41, 5.74) is -1.58. The minimum absolute atomic E-state index is 0.00151. The van der Waals surface area contributed by atoms with Crippen molar-refractivity contribution in [3.05, 3.63) is 29.6 Å². The Morgan fingerprint density at radius 1 is 1.53 bits per heavy atom. The lowest BCUT2D eigenvalue weighted by molar-refractivity contribution is -0.138. The van der Waals surface area contributed by atoms with Crippen molar-refractivity contribution in [2.24, 2.45) is 0 Å². The number of aromatic nitrogens is 1. The van der Waals surface area contributed by atoms with E-state index in [0.717, 1.165) is 18.5 Å². The monoisotopic (exact) mass is 243 g/mol. The Morgan fingerprint density at radius 3 is 2.82 bits per heavy atom. The summed E-state index contributed by atoms with van der Waals surface area (Å²) >= 11 is 0. The number of nitriles is 1. The molecule has 90 valence electrons. The molecule has 0 aliphatic heterocycles. The quantitative estimate of drug-likeness (QED) is 0.822. The van der Waals surface area contributed by atoms with Crippen molar-refractivity contribution >= 4 is 5.91 Å². The van der Waals surface area contributed by atoms with Gasteiger partial charge in [0.15, 0.2) is 0 Å². The predicted octanol–water partition coefficient (Wildman–Crippen LogP) is 1.74. The fourth-order valence-corrected chi connectivity index (χ4v) is 1.15. The van der Waals surface area contributed by atoms with Crippen LogP contribution in [0.4, 0.5) is 13.2 Å². The largest absolute Gasteiger partial charge is 0.417 e. The number of hydrogen-bond acceptors (Lipinski definition) is 3. The van der Waals surface area contributed by atoms with Crippen molar-refractivity contribution in [1.82, 2.24) is 10.3 Å². The summed E-state index contributed by atoms with van der Waals surface area (Å²) < 4.78 is 37.6. The van der Waals surface area contributed by atoms with Crippen LogP contribution in [0, 0.1) is 11.3 Å². The number of rotatable bonds is 3. The number of carbonyl (C=O) groups is 1. The van der Waals surface area contributed by atoms with Gasteiger partial charge in [-0.1, -0.05) is 0 Å². The van der Waals surface area contributed by atoms with Gasteiger partial charge in [-0.2, -0.15) is 18.4 Å². The summed E-state index contributed by atoms with van der Waals surface area (Å²) in [5.74, 6) is -0.888. The summed E-state index contributed by atoms with van der Waals surface area (Å²) in [6.07, 6.45) is -2.75. The van der Waals surface area contributed by atoms with Gasteiger partial charge in [0.2, 0.25) is 0 Å². The second kappa shape index (κ2) is 5.30. The smallest absolute Gasteiger partial charge is 0.351 e. The molecule has 0 aromatic carbocycles. The SMILES string of the molecule is N#CCCNC(=O)c1cnccc1C(F)(F)F. The Hall–Kier alpha value is -2.10. The summed E-state index contributed by atoms with van der Waals surface area (Å²) in [6.45, 7) is 0.00151. The fraction of sp³-hybridized carbons (Fsp3) is 0.300. The zero-order valence-electron chi connectivity index (χ0n) is 8.58. The van der Waals surface area contributed by atoms with Gasteiger partial charge in [0, 0.05) is 18.9 Å². The van der Waals surface area contributed by atoms with Crippen molar-refractivity contribution in [2.75, 3.05) is 6.54 Å². The summed E-state index contributed by atoms with van der Waals surface area (Å²) in [5, 5.41) is 10.5. The van der Waals surface area contributed by atoms with E-state index in [2.05, 4.69) is 10.3 Å². The second-order valence-corrected chi connectivity index (χ2v) is 3.08. The number of nitrogens with one attached hydrogen (secondary N) is 1. The highest BCUT2D eigenvalue weighted by Gasteiger charge is 2.35. The molecule has 7 heteroatoms. The Morgan fingerprint density at radius 2 is 2.24 bits per heavy atom. The zero-order chi connectivity index (χ0) is 12.9. The molecule has 0 aliphatic rings. The average molecular weight is 243 g/mol. The molecule has 0 saturated carbocycles. The van der Waals surface area contributed by atoms with Crippen LogP contribution in [0.3, 0.4) is 0 Å². The topological polar surface area (TPSA) is 65.8 Å². The number of hydrogen-bond donors (Lipinski definition) is 1. The van der Waals surface area contributed by atoms with Crippen LogP contribution in [-0.2, 0) is 6.18 Å². The molecule has 0 saturated heterocycles. The number of alkyl halides is 3. The van der Waals surface area contributed by atoms with Crippen LogP contribution in [0.1, 0.15) is 22.3 Å². The van der Waals surface area contributed by atoms with Gasteiger partial charge in [-0.15, -0.1) is 0 Å². The molecule has 1 aromatic heterocycles. The third-order valence-electron chi connectivity index (χ3n) is 1.89. The van der Waals surface area contributed by atoms with E-state index in [1.807, 2.05) is 0 Å². The third-order valence-corrected chi connectivity index (χ3v) is 1.89. The van der Waals surface area contributed by atoms with E-state index in [9.17, 15) is 18.0 Å². The molecule has 1 rings (SSSR count). The highest BCUT2D eigenvalue weighted by molar-refractivity contribution is 5.95. The second-order valence-electron chi connectivity index (χ2n) is 3.08. The van der Waals surface area contributed by atoms with Gasteiger partial charge in [-0.25, -0.2) is 0 Å². The lowest BCUT2D eigenvalue weighted by Gasteiger charge is -2.11. The molecule has 0 aliphatic carbocycles. The molecule has 1 heterocycles. The maximum absolute atomic E-state index is 12.5. The van der Waals surface area contributed by atoms with Gasteiger partial charge >= 0.3 is 6.18 Å². The van der Waals surface area contributed by atoms with Crippen LogP contribution in [0.25, 0.3) is 0 Å². The minimum atomic E-state index is -4.61. The van der Waals surface area contributed by atoms with E-state index in [4.69, 9.17) is 5.26 Å². The lowest BCUT2D eigenvalue weighted by Crippen LogP contribution is -2.27. The molecular formula is C10H8F3N3O. The summed E-state index contributed by atoms with van der Waals surface area (Å²) in [7, 11) is 0. The zero-order valence-corrected chi connectivity index (χ0v) is 8.58. The molecule has 4 nitrogen and oxygen atoms in total. The number of nitrogens with zero attached hydrogens (tertiary/aromatic N) is 2. The first-order chi connectivity index (χ1) is 7.96. The van der Waals surface area contributed by atoms with Crippen LogP contribution in [0.5, 0.6) is 0 Å². The van der Waals surface area contributed by atoms with Crippen molar-refractivity contribution in [1.29, 1.82) is 5.26 Å². The molecule has 0 spiro atoms. The average Bonchev–Trinajstić information content (AvgIpc) is 2.28. The van der Waals surface area contributed by atoms with Gasteiger partial charge in [0.25, 0.3) is 5.91 Å². The van der Waals surface area contributed by atoms with Crippen LogP contribution >= 0.6 is 0 Å². The maximum atomic E-state index is 12.5. The van der Waals surface area contributed by atoms with Crippen LogP contribution in [-0.4, -0.2) is 17.4 Å². The molecule has 0 unspecified atom stereocenters. The molecule has 0 radical (unpaired) electrons. The van der Waals surface area contributed by atoms with Gasteiger partial charge < -0.3 is 5.32 Å². The Kier molecular flexibility index (Phi) is 4.04. The maximum Gasteiger partial charge on any atom is 0.417 e. The predicted molar refractivity (Wildman–Crippen MR) is 51.8 cm³/mol. The standard InChI is InChI=1S/C10H8F3N3O/c11-10(12,13)8-2-5-15-6-7(8)9(17)16-4-1-3-14/h2,5-6H,1,4H2,(H,16,17). The number of amides is 1. The van der Waals surface area contributed by atoms with Gasteiger partial charge in [0.1, 0.15) is 0 Å². The number of carbonyl (C=O) groups excluding carboxylic acids is 1. The van der Waals surface area contributed by atoms with E-state index in [1.165, 1.54) is 0 Å². The van der Waals surface area contributed by atoms with Crippen molar-refractivity contribution in [2.45, 2.75) is 12.6 Å². The fourth-order valence-electron chi connectivity index (χ4n) is 1.15. The van der Waals surface area contributed by atoms with Crippen LogP contribution in [0.2, 0.25) is 0 Å². The molecule has 0 bridgehead atoms. The van der Waals surface area contributed by atoms with Gasteiger partial charge in [-0.3, -0.25) is 9.78 Å². The summed E-state index contributed by atoms with van der Waals surface area (Å²) in [4.78, 5) is 14.9. The number of pyridine rings is 1. The Bertz CT molecular complexity index is 451. The van der Waals surface area contributed by atoms with E-state index in [1.54, 1.807) is 6.07 Å².